The molecule has 112 valence electrons. The van der Waals surface area contributed by atoms with E-state index in [1.54, 1.807) is 12.1 Å². The van der Waals surface area contributed by atoms with E-state index >= 15 is 0 Å². The minimum absolute atomic E-state index is 0.120. The molecule has 3 N–H and O–H groups in total. The molecule has 0 bridgehead atoms. The van der Waals surface area contributed by atoms with E-state index in [1.165, 1.54) is 24.3 Å². The Labute approximate surface area is 119 Å². The Bertz CT molecular complexity index is 579. The van der Waals surface area contributed by atoms with Crippen LogP contribution >= 0.6 is 0 Å². The van der Waals surface area contributed by atoms with Crippen molar-refractivity contribution in [2.24, 2.45) is 5.73 Å². The Morgan fingerprint density at radius 2 is 1.57 bits per heavy atom. The van der Waals surface area contributed by atoms with Crippen LogP contribution in [0.1, 0.15) is 17.2 Å². The number of alkyl halides is 3. The van der Waals surface area contributed by atoms with Gasteiger partial charge in [0.25, 0.3) is 0 Å². The molecule has 0 spiro atoms. The highest BCUT2D eigenvalue weighted by atomic mass is 19.4. The fourth-order valence-corrected chi connectivity index (χ4v) is 1.74. The van der Waals surface area contributed by atoms with Crippen LogP contribution in [0.3, 0.4) is 0 Å². The first-order valence-corrected chi connectivity index (χ1v) is 6.21. The van der Waals surface area contributed by atoms with Crippen LogP contribution in [0.4, 0.5) is 13.2 Å². The second kappa shape index (κ2) is 6.05. The molecule has 0 aliphatic rings. The Morgan fingerprint density at radius 3 is 2.10 bits per heavy atom. The van der Waals surface area contributed by atoms with Crippen LogP contribution in [-0.2, 0) is 6.18 Å². The van der Waals surface area contributed by atoms with Gasteiger partial charge in [0, 0.05) is 0 Å². The molecule has 2 rings (SSSR count). The van der Waals surface area contributed by atoms with Crippen LogP contribution in [0.5, 0.6) is 11.5 Å². The van der Waals surface area contributed by atoms with Crippen molar-refractivity contribution in [3.05, 3.63) is 59.7 Å². The standard InChI is InChI=1S/C15H14F3NO2/c16-15(17,18)11-3-1-10(2-4-11)14(19)9-21-13-7-5-12(20)6-8-13/h1-8,14,20H,9,19H2. The third-order valence-electron chi connectivity index (χ3n) is 2.93. The first kappa shape index (κ1) is 15.2. The number of rotatable bonds is 4. The van der Waals surface area contributed by atoms with Gasteiger partial charge in [-0.05, 0) is 42.0 Å². The lowest BCUT2D eigenvalue weighted by Gasteiger charge is -2.14. The van der Waals surface area contributed by atoms with Crippen molar-refractivity contribution in [3.8, 4) is 11.5 Å². The van der Waals surface area contributed by atoms with Crippen molar-refractivity contribution in [1.29, 1.82) is 0 Å². The third kappa shape index (κ3) is 4.13. The molecule has 2 aromatic rings. The van der Waals surface area contributed by atoms with Crippen LogP contribution in [0.25, 0.3) is 0 Å². The van der Waals surface area contributed by atoms with E-state index in [2.05, 4.69) is 0 Å². The van der Waals surface area contributed by atoms with Gasteiger partial charge in [-0.2, -0.15) is 13.2 Å². The van der Waals surface area contributed by atoms with Gasteiger partial charge in [-0.1, -0.05) is 12.1 Å². The Balaban J connectivity index is 1.97. The number of phenols is 1. The molecule has 0 saturated heterocycles. The molecule has 0 saturated carbocycles. The van der Waals surface area contributed by atoms with E-state index in [0.717, 1.165) is 12.1 Å². The summed E-state index contributed by atoms with van der Waals surface area (Å²) in [5.41, 5.74) is 5.72. The molecule has 1 unspecified atom stereocenters. The molecular weight excluding hydrogens is 283 g/mol. The molecule has 1 atom stereocenters. The van der Waals surface area contributed by atoms with Gasteiger partial charge in [0.05, 0.1) is 11.6 Å². The van der Waals surface area contributed by atoms with Crippen LogP contribution in [0.2, 0.25) is 0 Å². The first-order chi connectivity index (χ1) is 9.86. The highest BCUT2D eigenvalue weighted by Crippen LogP contribution is 2.29. The van der Waals surface area contributed by atoms with Crippen LogP contribution in [-0.4, -0.2) is 11.7 Å². The molecule has 0 fully saturated rings. The lowest BCUT2D eigenvalue weighted by molar-refractivity contribution is -0.137. The van der Waals surface area contributed by atoms with Gasteiger partial charge in [-0.15, -0.1) is 0 Å². The van der Waals surface area contributed by atoms with Gasteiger partial charge < -0.3 is 15.6 Å². The number of hydrogen-bond donors (Lipinski definition) is 2. The summed E-state index contributed by atoms with van der Waals surface area (Å²) in [7, 11) is 0. The molecule has 21 heavy (non-hydrogen) atoms. The summed E-state index contributed by atoms with van der Waals surface area (Å²) in [6.45, 7) is 0.121. The maximum absolute atomic E-state index is 12.4. The van der Waals surface area contributed by atoms with Gasteiger partial charge in [0.15, 0.2) is 0 Å². The monoisotopic (exact) mass is 297 g/mol. The van der Waals surface area contributed by atoms with E-state index in [1.807, 2.05) is 0 Å². The molecule has 0 heterocycles. The molecule has 6 heteroatoms. The maximum Gasteiger partial charge on any atom is 0.416 e. The smallest absolute Gasteiger partial charge is 0.416 e. The average molecular weight is 297 g/mol. The Morgan fingerprint density at radius 1 is 1.00 bits per heavy atom. The largest absolute Gasteiger partial charge is 0.508 e. The quantitative estimate of drug-likeness (QED) is 0.908. The molecule has 0 aliphatic carbocycles. The number of phenolic OH excluding ortho intramolecular Hbond substituents is 1. The lowest BCUT2D eigenvalue weighted by atomic mass is 10.1. The van der Waals surface area contributed by atoms with Crippen molar-refractivity contribution in [2.75, 3.05) is 6.61 Å². The minimum Gasteiger partial charge on any atom is -0.508 e. The minimum atomic E-state index is -4.36. The fraction of sp³-hybridized carbons (Fsp3) is 0.200. The second-order valence-corrected chi connectivity index (χ2v) is 4.53. The molecule has 0 amide bonds. The van der Waals surface area contributed by atoms with Crippen molar-refractivity contribution >= 4 is 0 Å². The lowest BCUT2D eigenvalue weighted by Crippen LogP contribution is -2.19. The van der Waals surface area contributed by atoms with Crippen LogP contribution < -0.4 is 10.5 Å². The van der Waals surface area contributed by atoms with Gasteiger partial charge >= 0.3 is 6.18 Å². The predicted molar refractivity (Wildman–Crippen MR) is 72.0 cm³/mol. The maximum atomic E-state index is 12.4. The molecule has 0 aliphatic heterocycles. The predicted octanol–water partition coefficient (Wildman–Crippen LogP) is 3.49. The van der Waals surface area contributed by atoms with Crippen LogP contribution in [0, 0.1) is 0 Å². The van der Waals surface area contributed by atoms with E-state index < -0.39 is 17.8 Å². The van der Waals surface area contributed by atoms with Crippen molar-refractivity contribution in [2.45, 2.75) is 12.2 Å². The van der Waals surface area contributed by atoms with Crippen molar-refractivity contribution in [3.63, 3.8) is 0 Å². The van der Waals surface area contributed by atoms with Crippen molar-refractivity contribution in [1.82, 2.24) is 0 Å². The zero-order valence-electron chi connectivity index (χ0n) is 11.0. The van der Waals surface area contributed by atoms with Crippen molar-refractivity contribution < 1.29 is 23.0 Å². The van der Waals surface area contributed by atoms with Gasteiger partial charge in [0.1, 0.15) is 18.1 Å². The normalized spacial score (nSPS) is 13.0. The summed E-state index contributed by atoms with van der Waals surface area (Å²) in [5.74, 6) is 0.643. The number of hydrogen-bond acceptors (Lipinski definition) is 3. The fourth-order valence-electron chi connectivity index (χ4n) is 1.74. The summed E-state index contributed by atoms with van der Waals surface area (Å²) in [6.07, 6.45) is -4.36. The van der Waals surface area contributed by atoms with Gasteiger partial charge in [-0.3, -0.25) is 0 Å². The zero-order chi connectivity index (χ0) is 15.5. The summed E-state index contributed by atoms with van der Waals surface area (Å²) >= 11 is 0. The molecule has 0 aromatic heterocycles. The number of nitrogens with two attached hydrogens (primary N) is 1. The summed E-state index contributed by atoms with van der Waals surface area (Å²) in [5, 5.41) is 9.13. The molecule has 0 radical (unpaired) electrons. The second-order valence-electron chi connectivity index (χ2n) is 4.53. The topological polar surface area (TPSA) is 55.5 Å². The highest BCUT2D eigenvalue weighted by molar-refractivity contribution is 5.30. The van der Waals surface area contributed by atoms with Crippen LogP contribution in [0.15, 0.2) is 48.5 Å². The Hall–Kier alpha value is -2.21. The van der Waals surface area contributed by atoms with E-state index in [9.17, 15) is 13.2 Å². The van der Waals surface area contributed by atoms with E-state index in [-0.39, 0.29) is 12.4 Å². The Kier molecular flexibility index (Phi) is 4.37. The zero-order valence-corrected chi connectivity index (χ0v) is 11.0. The SMILES string of the molecule is NC(COc1ccc(O)cc1)c1ccc(C(F)(F)F)cc1. The number of halogens is 3. The molecule has 2 aromatic carbocycles. The first-order valence-electron chi connectivity index (χ1n) is 6.21. The third-order valence-corrected chi connectivity index (χ3v) is 2.93. The summed E-state index contributed by atoms with van der Waals surface area (Å²) < 4.78 is 42.8. The number of aromatic hydroxyl groups is 1. The number of ether oxygens (including phenoxy) is 1. The molecular formula is C15H14F3NO2. The van der Waals surface area contributed by atoms with E-state index in [4.69, 9.17) is 15.6 Å². The average Bonchev–Trinajstić information content (AvgIpc) is 2.45. The van der Waals surface area contributed by atoms with Gasteiger partial charge in [0.2, 0.25) is 0 Å². The molecule has 3 nitrogen and oxygen atoms in total. The highest BCUT2D eigenvalue weighted by Gasteiger charge is 2.30. The number of benzene rings is 2. The summed E-state index contributed by atoms with van der Waals surface area (Å²) in [4.78, 5) is 0. The summed E-state index contributed by atoms with van der Waals surface area (Å²) in [6, 6.07) is 10.2. The van der Waals surface area contributed by atoms with Gasteiger partial charge in [-0.25, -0.2) is 0 Å². The van der Waals surface area contributed by atoms with E-state index in [0.29, 0.717) is 11.3 Å².